The van der Waals surface area contributed by atoms with E-state index in [9.17, 15) is 5.11 Å². The van der Waals surface area contributed by atoms with E-state index < -0.39 is 6.10 Å². The molecular formula is C17H28N2O2. The molecule has 3 unspecified atom stereocenters. The van der Waals surface area contributed by atoms with Gasteiger partial charge in [-0.25, -0.2) is 0 Å². The van der Waals surface area contributed by atoms with Gasteiger partial charge in [0, 0.05) is 24.7 Å². The van der Waals surface area contributed by atoms with Crippen molar-refractivity contribution in [1.29, 1.82) is 0 Å². The van der Waals surface area contributed by atoms with Crippen LogP contribution in [0, 0.1) is 5.92 Å². The molecule has 1 heterocycles. The van der Waals surface area contributed by atoms with E-state index in [4.69, 9.17) is 10.5 Å². The quantitative estimate of drug-likeness (QED) is 0.842. The summed E-state index contributed by atoms with van der Waals surface area (Å²) in [6, 6.07) is 8.26. The van der Waals surface area contributed by atoms with E-state index in [1.54, 1.807) is 0 Å². The van der Waals surface area contributed by atoms with Crippen LogP contribution in [0.5, 0.6) is 5.75 Å². The molecule has 1 aliphatic heterocycles. The molecule has 0 saturated carbocycles. The molecule has 0 bridgehead atoms. The second-order valence-corrected chi connectivity index (χ2v) is 6.13. The zero-order chi connectivity index (χ0) is 15.2. The van der Waals surface area contributed by atoms with Gasteiger partial charge in [0.1, 0.15) is 18.5 Å². The molecule has 0 radical (unpaired) electrons. The lowest BCUT2D eigenvalue weighted by Gasteiger charge is -2.38. The minimum atomic E-state index is -0.469. The molecule has 1 aliphatic rings. The first-order valence-corrected chi connectivity index (χ1v) is 7.94. The van der Waals surface area contributed by atoms with Crippen LogP contribution >= 0.6 is 0 Å². The van der Waals surface area contributed by atoms with E-state index >= 15 is 0 Å². The fourth-order valence-electron chi connectivity index (χ4n) is 3.00. The van der Waals surface area contributed by atoms with Crippen molar-refractivity contribution in [2.24, 2.45) is 11.7 Å². The van der Waals surface area contributed by atoms with Crippen molar-refractivity contribution in [2.45, 2.75) is 45.4 Å². The third-order valence-corrected chi connectivity index (χ3v) is 4.57. The molecule has 118 valence electrons. The maximum absolute atomic E-state index is 10.2. The van der Waals surface area contributed by atoms with E-state index in [2.05, 4.69) is 18.7 Å². The van der Waals surface area contributed by atoms with Crippen LogP contribution in [0.25, 0.3) is 0 Å². The summed E-state index contributed by atoms with van der Waals surface area (Å²) in [5, 5.41) is 10.2. The van der Waals surface area contributed by atoms with Crippen molar-refractivity contribution in [1.82, 2.24) is 4.90 Å². The zero-order valence-electron chi connectivity index (χ0n) is 13.2. The number of hydrogen-bond donors (Lipinski definition) is 2. The van der Waals surface area contributed by atoms with E-state index in [0.717, 1.165) is 17.9 Å². The van der Waals surface area contributed by atoms with Crippen LogP contribution in [-0.2, 0) is 6.54 Å². The minimum Gasteiger partial charge on any atom is -0.491 e. The van der Waals surface area contributed by atoms with Crippen LogP contribution in [-0.4, -0.2) is 41.8 Å². The van der Waals surface area contributed by atoms with Gasteiger partial charge in [-0.2, -0.15) is 0 Å². The molecule has 1 saturated heterocycles. The van der Waals surface area contributed by atoms with Crippen LogP contribution in [0.1, 0.15) is 32.3 Å². The highest BCUT2D eigenvalue weighted by molar-refractivity contribution is 5.32. The van der Waals surface area contributed by atoms with Gasteiger partial charge in [-0.3, -0.25) is 4.90 Å². The summed E-state index contributed by atoms with van der Waals surface area (Å²) < 4.78 is 5.74. The number of para-hydroxylation sites is 1. The number of rotatable bonds is 6. The highest BCUT2D eigenvalue weighted by Crippen LogP contribution is 2.23. The molecule has 4 heteroatoms. The Hall–Kier alpha value is -1.10. The van der Waals surface area contributed by atoms with Crippen LogP contribution in [0.2, 0.25) is 0 Å². The monoisotopic (exact) mass is 292 g/mol. The van der Waals surface area contributed by atoms with E-state index in [1.807, 2.05) is 24.3 Å². The van der Waals surface area contributed by atoms with Gasteiger partial charge in [0.15, 0.2) is 0 Å². The number of ether oxygens (including phenoxy) is 1. The average Bonchev–Trinajstić information content (AvgIpc) is 2.50. The van der Waals surface area contributed by atoms with Crippen LogP contribution < -0.4 is 10.5 Å². The van der Waals surface area contributed by atoms with Gasteiger partial charge >= 0.3 is 0 Å². The summed E-state index contributed by atoms with van der Waals surface area (Å²) in [5.74, 6) is 1.48. The standard InChI is InChI=1S/C17H28N2O2/c1-13-6-5-9-19(14(13)2)11-16(20)12-21-17-8-4-3-7-15(17)10-18/h3-4,7-8,13-14,16,20H,5-6,9-12,18H2,1-2H3. The lowest BCUT2D eigenvalue weighted by Crippen LogP contribution is -2.47. The Kier molecular flexibility index (Phi) is 6.03. The minimum absolute atomic E-state index is 0.314. The van der Waals surface area contributed by atoms with Gasteiger partial charge < -0.3 is 15.6 Å². The highest BCUT2D eigenvalue weighted by Gasteiger charge is 2.26. The number of nitrogens with zero attached hydrogens (tertiary/aromatic N) is 1. The molecule has 0 aliphatic carbocycles. The van der Waals surface area contributed by atoms with Gasteiger partial charge in [-0.15, -0.1) is 0 Å². The van der Waals surface area contributed by atoms with E-state index in [1.165, 1.54) is 12.8 Å². The Balaban J connectivity index is 1.83. The van der Waals surface area contributed by atoms with E-state index in [0.29, 0.717) is 31.7 Å². The van der Waals surface area contributed by atoms with Gasteiger partial charge in [0.25, 0.3) is 0 Å². The molecule has 1 fully saturated rings. The number of benzene rings is 1. The summed E-state index contributed by atoms with van der Waals surface area (Å²) in [4.78, 5) is 2.37. The molecule has 1 aromatic rings. The van der Waals surface area contributed by atoms with Crippen molar-refractivity contribution in [2.75, 3.05) is 19.7 Å². The number of likely N-dealkylation sites (tertiary alicyclic amines) is 1. The first kappa shape index (κ1) is 16.3. The van der Waals surface area contributed by atoms with Crippen LogP contribution in [0.4, 0.5) is 0 Å². The number of piperidine rings is 1. The molecule has 1 aromatic carbocycles. The fourth-order valence-corrected chi connectivity index (χ4v) is 3.00. The predicted molar refractivity (Wildman–Crippen MR) is 85.3 cm³/mol. The van der Waals surface area contributed by atoms with Crippen molar-refractivity contribution >= 4 is 0 Å². The predicted octanol–water partition coefficient (Wildman–Crippen LogP) is 2.01. The summed E-state index contributed by atoms with van der Waals surface area (Å²) in [7, 11) is 0. The largest absolute Gasteiger partial charge is 0.491 e. The summed E-state index contributed by atoms with van der Waals surface area (Å²) in [5.41, 5.74) is 6.67. The Morgan fingerprint density at radius 3 is 2.90 bits per heavy atom. The van der Waals surface area contributed by atoms with Gasteiger partial charge in [-0.1, -0.05) is 25.1 Å². The highest BCUT2D eigenvalue weighted by atomic mass is 16.5. The second-order valence-electron chi connectivity index (χ2n) is 6.13. The van der Waals surface area contributed by atoms with Crippen molar-refractivity contribution in [3.8, 4) is 5.75 Å². The fraction of sp³-hybridized carbons (Fsp3) is 0.647. The van der Waals surface area contributed by atoms with Gasteiger partial charge in [-0.05, 0) is 38.3 Å². The molecule has 3 N–H and O–H groups in total. The molecule has 0 spiro atoms. The average molecular weight is 292 g/mol. The third-order valence-electron chi connectivity index (χ3n) is 4.57. The maximum Gasteiger partial charge on any atom is 0.123 e. The lowest BCUT2D eigenvalue weighted by molar-refractivity contribution is 0.0290. The molecule has 0 amide bonds. The SMILES string of the molecule is CC1CCCN(CC(O)COc2ccccc2CN)C1C. The maximum atomic E-state index is 10.2. The van der Waals surface area contributed by atoms with Gasteiger partial charge in [0.05, 0.1) is 0 Å². The molecular weight excluding hydrogens is 264 g/mol. The number of aliphatic hydroxyl groups is 1. The normalized spacial score (nSPS) is 24.8. The Bertz CT molecular complexity index is 439. The Morgan fingerprint density at radius 2 is 2.14 bits per heavy atom. The first-order valence-electron chi connectivity index (χ1n) is 7.94. The number of nitrogens with two attached hydrogens (primary N) is 1. The molecule has 21 heavy (non-hydrogen) atoms. The Labute approximate surface area is 127 Å². The topological polar surface area (TPSA) is 58.7 Å². The van der Waals surface area contributed by atoms with Crippen molar-refractivity contribution < 1.29 is 9.84 Å². The zero-order valence-corrected chi connectivity index (χ0v) is 13.2. The smallest absolute Gasteiger partial charge is 0.123 e. The lowest BCUT2D eigenvalue weighted by atomic mass is 9.92. The molecule has 3 atom stereocenters. The third kappa shape index (κ3) is 4.43. The summed E-state index contributed by atoms with van der Waals surface area (Å²) in [6.07, 6.45) is 2.03. The number of aliphatic hydroxyl groups excluding tert-OH is 1. The summed E-state index contributed by atoms with van der Waals surface area (Å²) >= 11 is 0. The molecule has 2 rings (SSSR count). The number of hydrogen-bond acceptors (Lipinski definition) is 4. The molecule has 4 nitrogen and oxygen atoms in total. The second kappa shape index (κ2) is 7.78. The first-order chi connectivity index (χ1) is 10.1. The number of β-amino-alcohol motifs (C(OH)–C–C–N with tert-alkyl or cyclic N) is 1. The van der Waals surface area contributed by atoms with Gasteiger partial charge in [0.2, 0.25) is 0 Å². The van der Waals surface area contributed by atoms with Crippen molar-refractivity contribution in [3.63, 3.8) is 0 Å². The van der Waals surface area contributed by atoms with Crippen LogP contribution in [0.15, 0.2) is 24.3 Å². The van der Waals surface area contributed by atoms with Crippen molar-refractivity contribution in [3.05, 3.63) is 29.8 Å². The molecule has 0 aromatic heterocycles. The van der Waals surface area contributed by atoms with E-state index in [-0.39, 0.29) is 0 Å². The van der Waals surface area contributed by atoms with Crippen LogP contribution in [0.3, 0.4) is 0 Å². The Morgan fingerprint density at radius 1 is 1.38 bits per heavy atom. The summed E-state index contributed by atoms with van der Waals surface area (Å²) in [6.45, 7) is 7.05.